The number of fused-ring (bicyclic) bond motifs is 1. The van der Waals surface area contributed by atoms with Gasteiger partial charge >= 0.3 is 0 Å². The molecule has 2 N–H and O–H groups in total. The number of carbonyl (C=O) groups is 1. The average molecular weight is 308 g/mol. The second-order valence-electron chi connectivity index (χ2n) is 4.91. The number of aromatic nitrogens is 2. The van der Waals surface area contributed by atoms with Crippen LogP contribution in [0.4, 0.5) is 0 Å². The van der Waals surface area contributed by atoms with Crippen LogP contribution in [0, 0.1) is 5.92 Å². The fraction of sp³-hybridized carbons (Fsp3) is 0.333. The molecule has 0 saturated carbocycles. The van der Waals surface area contributed by atoms with Crippen molar-refractivity contribution in [2.45, 2.75) is 13.3 Å². The fourth-order valence-electron chi connectivity index (χ4n) is 1.95. The maximum absolute atomic E-state index is 11.8. The van der Waals surface area contributed by atoms with Crippen LogP contribution in [0.3, 0.4) is 0 Å². The molecule has 0 aliphatic carbocycles. The van der Waals surface area contributed by atoms with Gasteiger partial charge in [-0.15, -0.1) is 0 Å². The maximum Gasteiger partial charge on any atom is 0.244 e. The quantitative estimate of drug-likeness (QED) is 0.804. The maximum atomic E-state index is 11.8. The molecule has 1 atom stereocenters. The highest BCUT2D eigenvalue weighted by molar-refractivity contribution is 6.31. The van der Waals surface area contributed by atoms with Crippen molar-refractivity contribution in [2.24, 2.45) is 5.92 Å². The highest BCUT2D eigenvalue weighted by Crippen LogP contribution is 2.18. The molecule has 2 aromatic rings. The molecule has 0 spiro atoms. The Kier molecular flexibility index (Phi) is 5.36. The highest BCUT2D eigenvalue weighted by atomic mass is 35.5. The predicted octanol–water partition coefficient (Wildman–Crippen LogP) is 2.14. The molecular weight excluding hydrogens is 290 g/mol. The van der Waals surface area contributed by atoms with E-state index in [4.69, 9.17) is 16.7 Å². The van der Waals surface area contributed by atoms with E-state index in [0.717, 1.165) is 5.65 Å². The third kappa shape index (κ3) is 4.06. The number of aliphatic hydroxyl groups is 1. The van der Waals surface area contributed by atoms with Crippen LogP contribution in [0.25, 0.3) is 11.7 Å². The van der Waals surface area contributed by atoms with Crippen LogP contribution in [0.15, 0.2) is 30.5 Å². The number of halogens is 1. The summed E-state index contributed by atoms with van der Waals surface area (Å²) < 4.78 is 1.82. The first-order chi connectivity index (χ1) is 10.1. The predicted molar refractivity (Wildman–Crippen MR) is 83.1 cm³/mol. The van der Waals surface area contributed by atoms with Gasteiger partial charge in [0, 0.05) is 25.4 Å². The van der Waals surface area contributed by atoms with Gasteiger partial charge in [-0.05, 0) is 30.5 Å². The molecule has 0 aromatic carbocycles. The van der Waals surface area contributed by atoms with E-state index < -0.39 is 0 Å². The summed E-state index contributed by atoms with van der Waals surface area (Å²) in [5.41, 5.74) is 1.41. The molecule has 0 saturated heterocycles. The molecule has 1 unspecified atom stereocenters. The number of nitrogens with zero attached hydrogens (tertiary/aromatic N) is 2. The first-order valence-electron chi connectivity index (χ1n) is 6.81. The molecule has 0 bridgehead atoms. The van der Waals surface area contributed by atoms with Gasteiger partial charge in [0.2, 0.25) is 5.91 Å². The molecule has 6 heteroatoms. The van der Waals surface area contributed by atoms with Gasteiger partial charge in [0.05, 0.1) is 5.69 Å². The van der Waals surface area contributed by atoms with Gasteiger partial charge in [-0.25, -0.2) is 4.98 Å². The van der Waals surface area contributed by atoms with Crippen LogP contribution < -0.4 is 5.32 Å². The van der Waals surface area contributed by atoms with Crippen molar-refractivity contribution in [1.29, 1.82) is 0 Å². The molecule has 2 rings (SSSR count). The molecule has 0 aliphatic heterocycles. The molecule has 112 valence electrons. The SMILES string of the molecule is CC(CCO)CNC(=O)/C=C/c1c(Cl)nc2ccccn12. The zero-order valence-electron chi connectivity index (χ0n) is 11.8. The Hall–Kier alpha value is -1.85. The number of pyridine rings is 1. The Morgan fingerprint density at radius 2 is 2.38 bits per heavy atom. The Morgan fingerprint density at radius 3 is 3.14 bits per heavy atom. The van der Waals surface area contributed by atoms with Crippen molar-refractivity contribution < 1.29 is 9.90 Å². The van der Waals surface area contributed by atoms with Gasteiger partial charge in [0.15, 0.2) is 5.15 Å². The average Bonchev–Trinajstić information content (AvgIpc) is 2.79. The number of imidazole rings is 1. The van der Waals surface area contributed by atoms with E-state index >= 15 is 0 Å². The van der Waals surface area contributed by atoms with Crippen LogP contribution in [0.2, 0.25) is 5.15 Å². The van der Waals surface area contributed by atoms with Crippen molar-refractivity contribution in [2.75, 3.05) is 13.2 Å². The second kappa shape index (κ2) is 7.24. The lowest BCUT2D eigenvalue weighted by Crippen LogP contribution is -2.26. The van der Waals surface area contributed by atoms with E-state index in [1.807, 2.05) is 35.7 Å². The minimum Gasteiger partial charge on any atom is -0.396 e. The molecule has 0 radical (unpaired) electrons. The number of rotatable bonds is 6. The highest BCUT2D eigenvalue weighted by Gasteiger charge is 2.07. The summed E-state index contributed by atoms with van der Waals surface area (Å²) in [6, 6.07) is 5.60. The number of hydrogen-bond acceptors (Lipinski definition) is 3. The first-order valence-corrected chi connectivity index (χ1v) is 7.19. The fourth-order valence-corrected chi connectivity index (χ4v) is 2.19. The Bertz CT molecular complexity index is 651. The minimum atomic E-state index is -0.193. The lowest BCUT2D eigenvalue weighted by molar-refractivity contribution is -0.116. The number of hydrogen-bond donors (Lipinski definition) is 2. The van der Waals surface area contributed by atoms with Crippen LogP contribution in [-0.2, 0) is 4.79 Å². The van der Waals surface area contributed by atoms with Gasteiger partial charge < -0.3 is 10.4 Å². The number of nitrogens with one attached hydrogen (secondary N) is 1. The van der Waals surface area contributed by atoms with E-state index in [1.165, 1.54) is 6.08 Å². The van der Waals surface area contributed by atoms with Gasteiger partial charge in [-0.2, -0.15) is 0 Å². The largest absolute Gasteiger partial charge is 0.396 e. The summed E-state index contributed by atoms with van der Waals surface area (Å²) in [5.74, 6) is 0.0495. The van der Waals surface area contributed by atoms with Gasteiger partial charge in [-0.3, -0.25) is 9.20 Å². The van der Waals surface area contributed by atoms with E-state index in [-0.39, 0.29) is 18.4 Å². The molecule has 21 heavy (non-hydrogen) atoms. The summed E-state index contributed by atoms with van der Waals surface area (Å²) in [6.07, 6.45) is 5.60. The smallest absolute Gasteiger partial charge is 0.244 e. The summed E-state index contributed by atoms with van der Waals surface area (Å²) in [4.78, 5) is 16.0. The van der Waals surface area contributed by atoms with Crippen molar-refractivity contribution >= 4 is 29.2 Å². The number of amides is 1. The van der Waals surface area contributed by atoms with E-state index in [0.29, 0.717) is 23.8 Å². The topological polar surface area (TPSA) is 66.6 Å². The molecule has 0 fully saturated rings. The van der Waals surface area contributed by atoms with Crippen LogP contribution in [-0.4, -0.2) is 33.6 Å². The normalized spacial score (nSPS) is 12.9. The third-order valence-electron chi connectivity index (χ3n) is 3.16. The van der Waals surface area contributed by atoms with Crippen LogP contribution in [0.5, 0.6) is 0 Å². The van der Waals surface area contributed by atoms with Crippen molar-refractivity contribution in [3.05, 3.63) is 41.3 Å². The minimum absolute atomic E-state index is 0.129. The molecular formula is C15H18ClN3O2. The lowest BCUT2D eigenvalue weighted by atomic mass is 10.1. The van der Waals surface area contributed by atoms with Crippen molar-refractivity contribution in [3.8, 4) is 0 Å². The van der Waals surface area contributed by atoms with Gasteiger partial charge in [-0.1, -0.05) is 24.6 Å². The van der Waals surface area contributed by atoms with Crippen molar-refractivity contribution in [1.82, 2.24) is 14.7 Å². The zero-order chi connectivity index (χ0) is 15.2. The van der Waals surface area contributed by atoms with Crippen LogP contribution >= 0.6 is 11.6 Å². The molecule has 2 aromatic heterocycles. The zero-order valence-corrected chi connectivity index (χ0v) is 12.5. The second-order valence-corrected chi connectivity index (χ2v) is 5.27. The Labute approximate surface area is 128 Å². The van der Waals surface area contributed by atoms with Crippen molar-refractivity contribution in [3.63, 3.8) is 0 Å². The number of aliphatic hydroxyl groups excluding tert-OH is 1. The van der Waals surface area contributed by atoms with E-state index in [2.05, 4.69) is 10.3 Å². The lowest BCUT2D eigenvalue weighted by Gasteiger charge is -2.09. The monoisotopic (exact) mass is 307 g/mol. The standard InChI is InChI=1S/C15H18ClN3O2/c1-11(7-9-20)10-17-14(21)6-5-12-15(16)18-13-4-2-3-8-19(12)13/h2-6,8,11,20H,7,9-10H2,1H3,(H,17,21)/b6-5+. The third-order valence-corrected chi connectivity index (χ3v) is 3.44. The summed E-state index contributed by atoms with van der Waals surface area (Å²) in [5, 5.41) is 12.0. The molecule has 2 heterocycles. The first kappa shape index (κ1) is 15.5. The summed E-state index contributed by atoms with van der Waals surface area (Å²) in [7, 11) is 0. The summed E-state index contributed by atoms with van der Waals surface area (Å²) >= 11 is 6.08. The molecule has 0 aliphatic rings. The Morgan fingerprint density at radius 1 is 1.57 bits per heavy atom. The van der Waals surface area contributed by atoms with Gasteiger partial charge in [0.25, 0.3) is 0 Å². The summed E-state index contributed by atoms with van der Waals surface area (Å²) in [6.45, 7) is 2.64. The van der Waals surface area contributed by atoms with Gasteiger partial charge in [0.1, 0.15) is 5.65 Å². The number of carbonyl (C=O) groups excluding carboxylic acids is 1. The molecule has 5 nitrogen and oxygen atoms in total. The van der Waals surface area contributed by atoms with E-state index in [9.17, 15) is 4.79 Å². The molecule has 1 amide bonds. The van der Waals surface area contributed by atoms with Crippen LogP contribution in [0.1, 0.15) is 19.0 Å². The van der Waals surface area contributed by atoms with E-state index in [1.54, 1.807) is 6.08 Å². The Balaban J connectivity index is 2.02.